The topological polar surface area (TPSA) is 28.2 Å². The van der Waals surface area contributed by atoms with Crippen LogP contribution in [0.1, 0.15) is 18.2 Å². The Morgan fingerprint density at radius 3 is 2.75 bits per heavy atom. The quantitative estimate of drug-likeness (QED) is 0.740. The van der Waals surface area contributed by atoms with Crippen LogP contribution in [0.25, 0.3) is 0 Å². The number of hydrogen-bond donors (Lipinski definition) is 1. The zero-order valence-corrected chi connectivity index (χ0v) is 10.5. The van der Waals surface area contributed by atoms with Gasteiger partial charge in [0.25, 0.3) is 0 Å². The Balaban J connectivity index is 2.51. The maximum absolute atomic E-state index is 4.43. The molecule has 1 rings (SSSR count). The van der Waals surface area contributed by atoms with E-state index in [1.54, 1.807) is 0 Å². The molecule has 1 aromatic rings. The fourth-order valence-corrected chi connectivity index (χ4v) is 1.65. The molecule has 0 aliphatic rings. The van der Waals surface area contributed by atoms with Crippen LogP contribution in [0.4, 0.5) is 0 Å². The molecule has 0 unspecified atom stereocenters. The van der Waals surface area contributed by atoms with Crippen LogP contribution in [0.5, 0.6) is 0 Å². The number of nitrogens with zero attached hydrogens (tertiary/aromatic N) is 2. The van der Waals surface area contributed by atoms with E-state index < -0.39 is 0 Å². The lowest BCUT2D eigenvalue weighted by Crippen LogP contribution is -2.20. The first-order valence-corrected chi connectivity index (χ1v) is 5.53. The number of likely N-dealkylation sites (N-methyl/N-ethyl adjacent to an activating group) is 1. The Labute approximate surface area is 98.2 Å². The summed E-state index contributed by atoms with van der Waals surface area (Å²) in [7, 11) is 4.02. The van der Waals surface area contributed by atoms with E-state index in [-0.39, 0.29) is 0 Å². The predicted octanol–water partition coefficient (Wildman–Crippen LogP) is 1.81. The van der Waals surface area contributed by atoms with Gasteiger partial charge in [-0.05, 0) is 32.6 Å². The van der Waals surface area contributed by atoms with E-state index in [2.05, 4.69) is 41.0 Å². The molecule has 3 heteroatoms. The summed E-state index contributed by atoms with van der Waals surface area (Å²) in [4.78, 5) is 6.64. The Morgan fingerprint density at radius 1 is 1.50 bits per heavy atom. The van der Waals surface area contributed by atoms with E-state index in [4.69, 9.17) is 0 Å². The van der Waals surface area contributed by atoms with E-state index in [0.29, 0.717) is 0 Å². The van der Waals surface area contributed by atoms with Crippen molar-refractivity contribution in [1.82, 2.24) is 15.2 Å². The molecule has 0 spiro atoms. The molecule has 0 bridgehead atoms. The minimum atomic E-state index is 0.868. The summed E-state index contributed by atoms with van der Waals surface area (Å²) in [6.45, 7) is 8.60. The average molecular weight is 219 g/mol. The van der Waals surface area contributed by atoms with Crippen molar-refractivity contribution in [3.8, 4) is 0 Å². The molecule has 1 N–H and O–H groups in total. The van der Waals surface area contributed by atoms with Gasteiger partial charge in [0.05, 0.1) is 5.69 Å². The van der Waals surface area contributed by atoms with Crippen LogP contribution in [-0.2, 0) is 13.1 Å². The van der Waals surface area contributed by atoms with E-state index in [9.17, 15) is 0 Å². The maximum atomic E-state index is 4.43. The highest BCUT2D eigenvalue weighted by molar-refractivity contribution is 5.14. The molecule has 0 fully saturated rings. The highest BCUT2D eigenvalue weighted by Crippen LogP contribution is 2.04. The first-order chi connectivity index (χ1) is 7.61. The van der Waals surface area contributed by atoms with E-state index >= 15 is 0 Å². The normalized spacial score (nSPS) is 10.8. The summed E-state index contributed by atoms with van der Waals surface area (Å²) in [6, 6.07) is 4.20. The molecule has 1 aromatic heterocycles. The molecule has 88 valence electrons. The fourth-order valence-electron chi connectivity index (χ4n) is 1.65. The van der Waals surface area contributed by atoms with Crippen LogP contribution in [-0.4, -0.2) is 30.5 Å². The fraction of sp³-hybridized carbons (Fsp3) is 0.462. The zero-order valence-electron chi connectivity index (χ0n) is 10.5. The number of aromatic nitrogens is 1. The van der Waals surface area contributed by atoms with Gasteiger partial charge in [-0.2, -0.15) is 0 Å². The van der Waals surface area contributed by atoms with Crippen molar-refractivity contribution in [3.63, 3.8) is 0 Å². The van der Waals surface area contributed by atoms with Gasteiger partial charge in [-0.15, -0.1) is 0 Å². The Morgan fingerprint density at radius 2 is 2.25 bits per heavy atom. The summed E-state index contributed by atoms with van der Waals surface area (Å²) in [6.07, 6.45) is 1.93. The van der Waals surface area contributed by atoms with Gasteiger partial charge < -0.3 is 5.32 Å². The van der Waals surface area contributed by atoms with Crippen LogP contribution in [0, 0.1) is 0 Å². The van der Waals surface area contributed by atoms with Gasteiger partial charge in [0.1, 0.15) is 0 Å². The standard InChI is InChI=1S/C13H21N3/c1-11(2)9-16(4)10-13-6-5-12(7-14-3)8-15-13/h5-6,8,14H,1,7,9-10H2,2-4H3. The molecule has 0 atom stereocenters. The molecule has 0 amide bonds. The van der Waals surface area contributed by atoms with Crippen LogP contribution >= 0.6 is 0 Å². The van der Waals surface area contributed by atoms with Crippen LogP contribution < -0.4 is 5.32 Å². The monoisotopic (exact) mass is 219 g/mol. The predicted molar refractivity (Wildman–Crippen MR) is 68.1 cm³/mol. The van der Waals surface area contributed by atoms with Gasteiger partial charge in [0.15, 0.2) is 0 Å². The second kappa shape index (κ2) is 6.40. The first kappa shape index (κ1) is 12.9. The van der Waals surface area contributed by atoms with Crippen molar-refractivity contribution in [2.24, 2.45) is 0 Å². The summed E-state index contributed by atoms with van der Waals surface area (Å²) < 4.78 is 0. The highest BCUT2D eigenvalue weighted by atomic mass is 15.1. The molecule has 0 saturated carbocycles. The maximum Gasteiger partial charge on any atom is 0.0544 e. The van der Waals surface area contributed by atoms with E-state index in [1.165, 1.54) is 11.1 Å². The summed E-state index contributed by atoms with van der Waals surface area (Å²) in [5.74, 6) is 0. The molecule has 16 heavy (non-hydrogen) atoms. The van der Waals surface area contributed by atoms with Gasteiger partial charge in [0, 0.05) is 25.8 Å². The zero-order chi connectivity index (χ0) is 12.0. The lowest BCUT2D eigenvalue weighted by atomic mass is 10.2. The van der Waals surface area contributed by atoms with Gasteiger partial charge in [0.2, 0.25) is 0 Å². The third kappa shape index (κ3) is 4.55. The largest absolute Gasteiger partial charge is 0.316 e. The SMILES string of the molecule is C=C(C)CN(C)Cc1ccc(CNC)cn1. The van der Waals surface area contributed by atoms with Crippen molar-refractivity contribution >= 4 is 0 Å². The van der Waals surface area contributed by atoms with Crippen LogP contribution in [0.15, 0.2) is 30.5 Å². The van der Waals surface area contributed by atoms with Crippen molar-refractivity contribution in [2.75, 3.05) is 20.6 Å². The first-order valence-electron chi connectivity index (χ1n) is 5.53. The van der Waals surface area contributed by atoms with Gasteiger partial charge in [-0.1, -0.05) is 18.2 Å². The smallest absolute Gasteiger partial charge is 0.0544 e. The molecule has 0 aromatic carbocycles. The third-order valence-corrected chi connectivity index (χ3v) is 2.24. The Kier molecular flexibility index (Phi) is 5.15. The Hall–Kier alpha value is -1.19. The average Bonchev–Trinajstić information content (AvgIpc) is 2.20. The van der Waals surface area contributed by atoms with Gasteiger partial charge >= 0.3 is 0 Å². The number of hydrogen-bond acceptors (Lipinski definition) is 3. The lowest BCUT2D eigenvalue weighted by molar-refractivity contribution is 0.351. The van der Waals surface area contributed by atoms with Gasteiger partial charge in [-0.3, -0.25) is 9.88 Å². The van der Waals surface area contributed by atoms with Crippen molar-refractivity contribution in [2.45, 2.75) is 20.0 Å². The Bertz CT molecular complexity index is 330. The molecular formula is C13H21N3. The summed E-state index contributed by atoms with van der Waals surface area (Å²) in [5.41, 5.74) is 3.49. The molecule has 0 aliphatic heterocycles. The van der Waals surface area contributed by atoms with Crippen LogP contribution in [0.2, 0.25) is 0 Å². The molecule has 0 saturated heterocycles. The number of rotatable bonds is 6. The summed E-state index contributed by atoms with van der Waals surface area (Å²) in [5, 5.41) is 3.11. The van der Waals surface area contributed by atoms with E-state index in [1.807, 2.05) is 20.2 Å². The van der Waals surface area contributed by atoms with Crippen molar-refractivity contribution in [3.05, 3.63) is 41.7 Å². The van der Waals surface area contributed by atoms with E-state index in [0.717, 1.165) is 25.3 Å². The molecule has 1 heterocycles. The third-order valence-electron chi connectivity index (χ3n) is 2.24. The molecule has 0 aliphatic carbocycles. The molecule has 0 radical (unpaired) electrons. The van der Waals surface area contributed by atoms with Crippen molar-refractivity contribution < 1.29 is 0 Å². The van der Waals surface area contributed by atoms with Crippen LogP contribution in [0.3, 0.4) is 0 Å². The highest BCUT2D eigenvalue weighted by Gasteiger charge is 2.01. The molecular weight excluding hydrogens is 198 g/mol. The minimum Gasteiger partial charge on any atom is -0.316 e. The summed E-state index contributed by atoms with van der Waals surface area (Å²) >= 11 is 0. The second-order valence-corrected chi connectivity index (χ2v) is 4.32. The van der Waals surface area contributed by atoms with Crippen molar-refractivity contribution in [1.29, 1.82) is 0 Å². The minimum absolute atomic E-state index is 0.868. The lowest BCUT2D eigenvalue weighted by Gasteiger charge is -2.15. The molecule has 3 nitrogen and oxygen atoms in total. The number of pyridine rings is 1. The second-order valence-electron chi connectivity index (χ2n) is 4.32. The number of nitrogens with one attached hydrogen (secondary N) is 1. The van der Waals surface area contributed by atoms with Gasteiger partial charge in [-0.25, -0.2) is 0 Å².